The molecule has 2 fully saturated rings. The third kappa shape index (κ3) is 6.73. The van der Waals surface area contributed by atoms with E-state index >= 15 is 0 Å². The number of aliphatic hydroxyl groups excluding tert-OH is 1. The van der Waals surface area contributed by atoms with Gasteiger partial charge in [0.05, 0.1) is 23.4 Å². The Balaban J connectivity index is 1.43. The van der Waals surface area contributed by atoms with Gasteiger partial charge in [0.15, 0.2) is 0 Å². The summed E-state index contributed by atoms with van der Waals surface area (Å²) in [6.07, 6.45) is 11.9. The van der Waals surface area contributed by atoms with Gasteiger partial charge in [-0.2, -0.15) is 9.97 Å². The fourth-order valence-electron chi connectivity index (χ4n) is 7.38. The molecule has 0 radical (unpaired) electrons. The molecule has 3 N–H and O–H groups in total. The van der Waals surface area contributed by atoms with Crippen LogP contribution in [0.2, 0.25) is 0 Å². The number of halogens is 2. The Bertz CT molecular complexity index is 1810. The molecule has 3 heterocycles. The summed E-state index contributed by atoms with van der Waals surface area (Å²) in [6.45, 7) is 7.31. The van der Waals surface area contributed by atoms with Crippen LogP contribution >= 0.6 is 0 Å². The zero-order valence-corrected chi connectivity index (χ0v) is 27.1. The number of β-amino-alcohol motifs (C(OH)–C–C–N with tert-alkyl or cyclic N) is 1. The van der Waals surface area contributed by atoms with Gasteiger partial charge >= 0.3 is 6.01 Å². The Labute approximate surface area is 279 Å². The van der Waals surface area contributed by atoms with Crippen LogP contribution in [0.25, 0.3) is 22.4 Å². The third-order valence-electron chi connectivity index (χ3n) is 9.72. The highest BCUT2D eigenvalue weighted by molar-refractivity contribution is 6.02. The lowest BCUT2D eigenvalue weighted by Gasteiger charge is -2.34. The van der Waals surface area contributed by atoms with Gasteiger partial charge in [-0.3, -0.25) is 9.69 Å². The number of carbonyl (C=O) groups excluding carboxylic acids is 1. The first-order valence-electron chi connectivity index (χ1n) is 16.5. The van der Waals surface area contributed by atoms with E-state index in [0.717, 1.165) is 30.4 Å². The number of ether oxygens (including phenoxy) is 1. The van der Waals surface area contributed by atoms with E-state index in [1.54, 1.807) is 18.2 Å². The molecule has 0 bridgehead atoms. The van der Waals surface area contributed by atoms with Crippen molar-refractivity contribution in [1.82, 2.24) is 20.2 Å². The normalized spacial score (nSPS) is 22.8. The van der Waals surface area contributed by atoms with Crippen molar-refractivity contribution in [2.45, 2.75) is 63.2 Å². The van der Waals surface area contributed by atoms with Crippen LogP contribution in [0.15, 0.2) is 36.9 Å². The lowest BCUT2D eigenvalue weighted by molar-refractivity contribution is -0.117. The largest absolute Gasteiger partial charge is 0.508 e. The van der Waals surface area contributed by atoms with Crippen LogP contribution in [0.5, 0.6) is 11.8 Å². The lowest BCUT2D eigenvalue weighted by Crippen LogP contribution is -2.47. The summed E-state index contributed by atoms with van der Waals surface area (Å²) in [5.74, 6) is 2.48. The number of phenolic OH excluding ortho intramolecular Hbond substituents is 1. The van der Waals surface area contributed by atoms with E-state index in [0.29, 0.717) is 60.3 Å². The minimum absolute atomic E-state index is 0.0340. The van der Waals surface area contributed by atoms with Gasteiger partial charge in [0.25, 0.3) is 0 Å². The molecule has 9 nitrogen and oxygen atoms in total. The van der Waals surface area contributed by atoms with Crippen molar-refractivity contribution in [3.8, 4) is 24.1 Å². The SMILES string of the molecule is C#Cc1c(F)ccc2cc(O)cc(C3=Cc4nc(OC[C@]5(C)C[C@@H](F)CN5CCO)nc(N5CCCCC(NC(=O)C=C)C5)c4CC3)c12. The number of rotatable bonds is 9. The van der Waals surface area contributed by atoms with Crippen LogP contribution in [0.3, 0.4) is 0 Å². The third-order valence-corrected chi connectivity index (χ3v) is 9.72. The van der Waals surface area contributed by atoms with Gasteiger partial charge in [0.2, 0.25) is 5.91 Å². The number of amides is 1. The van der Waals surface area contributed by atoms with Crippen molar-refractivity contribution in [3.05, 3.63) is 65.1 Å². The minimum Gasteiger partial charge on any atom is -0.508 e. The predicted molar refractivity (Wildman–Crippen MR) is 182 cm³/mol. The van der Waals surface area contributed by atoms with Gasteiger partial charge < -0.3 is 25.2 Å². The quantitative estimate of drug-likeness (QED) is 0.223. The first-order chi connectivity index (χ1) is 23.1. The molecule has 3 aliphatic rings. The Morgan fingerprint density at radius 3 is 2.88 bits per heavy atom. The fraction of sp³-hybridized carbons (Fsp3) is 0.432. The summed E-state index contributed by atoms with van der Waals surface area (Å²) < 4.78 is 35.7. The molecular formula is C37H41F2N5O4. The number of carbonyl (C=O) groups is 1. The van der Waals surface area contributed by atoms with E-state index in [4.69, 9.17) is 21.1 Å². The summed E-state index contributed by atoms with van der Waals surface area (Å²) in [7, 11) is 0. The number of hydrogen-bond donors (Lipinski definition) is 3. The number of fused-ring (bicyclic) bond motifs is 2. The number of likely N-dealkylation sites (tertiary alicyclic amines) is 1. The highest BCUT2D eigenvalue weighted by atomic mass is 19.1. The molecule has 2 saturated heterocycles. The molecule has 252 valence electrons. The van der Waals surface area contributed by atoms with Gasteiger partial charge in [0, 0.05) is 49.6 Å². The number of aromatic hydroxyl groups is 1. The topological polar surface area (TPSA) is 111 Å². The highest BCUT2D eigenvalue weighted by Gasteiger charge is 2.43. The highest BCUT2D eigenvalue weighted by Crippen LogP contribution is 2.41. The predicted octanol–water partition coefficient (Wildman–Crippen LogP) is 4.78. The zero-order chi connectivity index (χ0) is 34.0. The second kappa shape index (κ2) is 13.9. The van der Waals surface area contributed by atoms with Crippen LogP contribution in [-0.2, 0) is 11.2 Å². The Hall–Kier alpha value is -4.53. The van der Waals surface area contributed by atoms with Crippen molar-refractivity contribution in [2.24, 2.45) is 0 Å². The molecule has 11 heteroatoms. The van der Waals surface area contributed by atoms with Crippen LogP contribution in [-0.4, -0.2) is 88.1 Å². The number of anilines is 1. The molecular weight excluding hydrogens is 616 g/mol. The number of allylic oxidation sites excluding steroid dienone is 1. The summed E-state index contributed by atoms with van der Waals surface area (Å²) >= 11 is 0. The zero-order valence-electron chi connectivity index (χ0n) is 27.1. The Morgan fingerprint density at radius 1 is 1.27 bits per heavy atom. The smallest absolute Gasteiger partial charge is 0.318 e. The number of aromatic nitrogens is 2. The van der Waals surface area contributed by atoms with Crippen LogP contribution < -0.4 is 15.0 Å². The molecule has 0 saturated carbocycles. The van der Waals surface area contributed by atoms with E-state index in [1.165, 1.54) is 12.1 Å². The summed E-state index contributed by atoms with van der Waals surface area (Å²) in [5, 5.41) is 24.4. The maximum absolute atomic E-state index is 14.9. The first-order valence-corrected chi connectivity index (χ1v) is 16.5. The van der Waals surface area contributed by atoms with Crippen LogP contribution in [0.1, 0.15) is 61.4 Å². The van der Waals surface area contributed by atoms with E-state index < -0.39 is 17.5 Å². The molecule has 48 heavy (non-hydrogen) atoms. The number of benzene rings is 2. The van der Waals surface area contributed by atoms with Crippen molar-refractivity contribution in [3.63, 3.8) is 0 Å². The average molecular weight is 658 g/mol. The second-order valence-electron chi connectivity index (χ2n) is 13.1. The number of aliphatic hydroxyl groups is 1. The second-order valence-corrected chi connectivity index (χ2v) is 13.1. The van der Waals surface area contributed by atoms with Crippen molar-refractivity contribution < 1.29 is 28.5 Å². The fourth-order valence-corrected chi connectivity index (χ4v) is 7.38. The molecule has 2 aliphatic heterocycles. The number of hydrogen-bond acceptors (Lipinski definition) is 8. The maximum atomic E-state index is 14.9. The van der Waals surface area contributed by atoms with Crippen LogP contribution in [0, 0.1) is 18.2 Å². The number of terminal acetylenes is 1. The molecule has 1 aliphatic carbocycles. The maximum Gasteiger partial charge on any atom is 0.318 e. The molecule has 2 aromatic carbocycles. The molecule has 1 unspecified atom stereocenters. The lowest BCUT2D eigenvalue weighted by atomic mass is 9.87. The van der Waals surface area contributed by atoms with Gasteiger partial charge in [-0.15, -0.1) is 6.42 Å². The molecule has 3 aromatic rings. The summed E-state index contributed by atoms with van der Waals surface area (Å²) in [4.78, 5) is 26.0. The standard InChI is InChI=1S/C37H41F2N5O4/c1-4-28-31(39)12-10-24-16-27(46)18-30(34(24)28)23-9-11-29-32(17-23)41-36(48-22-37(3)19-25(38)20-44(37)14-15-45)42-35(29)43-13-7-6-8-26(21-43)40-33(47)5-2/h1,5,10,12,16-18,25-26,45-46H,2,6-9,11,13-15,19-22H2,3H3,(H,40,47)/t25-,26?,37+/m1/s1. The van der Waals surface area contributed by atoms with E-state index in [2.05, 4.69) is 22.7 Å². The first kappa shape index (κ1) is 33.4. The number of alkyl halides is 1. The molecule has 6 rings (SSSR count). The van der Waals surface area contributed by atoms with Crippen molar-refractivity contribution >= 4 is 34.1 Å². The average Bonchev–Trinajstić information content (AvgIpc) is 3.20. The van der Waals surface area contributed by atoms with E-state index in [-0.39, 0.29) is 55.5 Å². The molecule has 3 atom stereocenters. The van der Waals surface area contributed by atoms with Gasteiger partial charge in [-0.05, 0) is 85.9 Å². The van der Waals surface area contributed by atoms with Gasteiger partial charge in [-0.25, -0.2) is 8.78 Å². The van der Waals surface area contributed by atoms with E-state index in [1.807, 2.05) is 17.9 Å². The monoisotopic (exact) mass is 657 g/mol. The van der Waals surface area contributed by atoms with E-state index in [9.17, 15) is 23.8 Å². The van der Waals surface area contributed by atoms with Crippen molar-refractivity contribution in [1.29, 1.82) is 0 Å². The Morgan fingerprint density at radius 2 is 2.10 bits per heavy atom. The summed E-state index contributed by atoms with van der Waals surface area (Å²) in [6, 6.07) is 6.09. The molecule has 0 spiro atoms. The Kier molecular flexibility index (Phi) is 9.67. The van der Waals surface area contributed by atoms with Crippen molar-refractivity contribution in [2.75, 3.05) is 44.3 Å². The minimum atomic E-state index is -1.04. The van der Waals surface area contributed by atoms with Gasteiger partial charge in [-0.1, -0.05) is 18.6 Å². The van der Waals surface area contributed by atoms with Gasteiger partial charge in [0.1, 0.15) is 30.2 Å². The summed E-state index contributed by atoms with van der Waals surface area (Å²) in [5.41, 5.74) is 2.44. The number of nitrogens with one attached hydrogen (secondary N) is 1. The van der Waals surface area contributed by atoms with Crippen LogP contribution in [0.4, 0.5) is 14.6 Å². The molecule has 1 aromatic heterocycles. The molecule has 1 amide bonds. The number of phenols is 1. The number of nitrogens with zero attached hydrogens (tertiary/aromatic N) is 4.